The van der Waals surface area contributed by atoms with Crippen molar-refractivity contribution in [2.45, 2.75) is 0 Å². The largest absolute Gasteiger partial charge is 0.106 e. The first-order valence-electron chi connectivity index (χ1n) is 2.14. The van der Waals surface area contributed by atoms with E-state index in [4.69, 9.17) is 23.2 Å². The summed E-state index contributed by atoms with van der Waals surface area (Å²) >= 11 is 14.4. The highest BCUT2D eigenvalue weighted by atomic mass is 79.9. The molecule has 0 atom stereocenters. The molecular weight excluding hydrogens is 223 g/mol. The van der Waals surface area contributed by atoms with E-state index in [-0.39, 0.29) is 0 Å². The number of hydrogen-bond acceptors (Lipinski definition) is 0. The summed E-state index contributed by atoms with van der Waals surface area (Å²) in [5.41, 5.74) is 5.30. The van der Waals surface area contributed by atoms with Crippen LogP contribution in [-0.4, -0.2) is 0 Å². The average molecular weight is 224 g/mol. The van der Waals surface area contributed by atoms with E-state index in [1.54, 1.807) is 6.08 Å². The van der Waals surface area contributed by atoms with Gasteiger partial charge in [0.2, 0.25) is 0 Å². The Kier molecular flexibility index (Phi) is 2.23. The SMILES string of the molecule is ClC1=C=C=CC(Cl)=C1Br. The summed E-state index contributed by atoms with van der Waals surface area (Å²) in [5.74, 6) is 0. The maximum absolute atomic E-state index is 5.63. The zero-order valence-corrected chi connectivity index (χ0v) is 7.31. The second-order valence-electron chi connectivity index (χ2n) is 1.39. The van der Waals surface area contributed by atoms with E-state index >= 15 is 0 Å². The van der Waals surface area contributed by atoms with Crippen LogP contribution in [0.25, 0.3) is 0 Å². The van der Waals surface area contributed by atoms with Gasteiger partial charge in [0.1, 0.15) is 5.03 Å². The maximum Gasteiger partial charge on any atom is 0.106 e. The summed E-state index contributed by atoms with van der Waals surface area (Å²) in [4.78, 5) is 0. The maximum atomic E-state index is 5.63. The standard InChI is InChI=1S/C6HBrCl2/c7-6-4(8)2-1-3-5(6)9/h2H. The molecule has 0 aromatic rings. The molecule has 0 bridgehead atoms. The lowest BCUT2D eigenvalue weighted by atomic mass is 10.4. The van der Waals surface area contributed by atoms with Crippen LogP contribution in [0.5, 0.6) is 0 Å². The van der Waals surface area contributed by atoms with Crippen molar-refractivity contribution in [3.8, 4) is 0 Å². The Morgan fingerprint density at radius 3 is 2.56 bits per heavy atom. The molecule has 0 spiro atoms. The van der Waals surface area contributed by atoms with Gasteiger partial charge in [0.15, 0.2) is 0 Å². The Hall–Kier alpha value is 0.1000. The highest BCUT2D eigenvalue weighted by Crippen LogP contribution is 2.28. The normalized spacial score (nSPS) is 16.6. The molecule has 0 amide bonds. The topological polar surface area (TPSA) is 0 Å². The molecule has 0 aliphatic heterocycles. The molecular formula is C6HBrCl2. The number of allylic oxidation sites excluding steroid dienone is 4. The Morgan fingerprint density at radius 2 is 2.11 bits per heavy atom. The summed E-state index contributed by atoms with van der Waals surface area (Å²) in [7, 11) is 0. The molecule has 0 radical (unpaired) electrons. The van der Waals surface area contributed by atoms with E-state index in [1.165, 1.54) is 0 Å². The molecule has 1 aliphatic carbocycles. The summed E-state index contributed by atoms with van der Waals surface area (Å²) in [6.07, 6.45) is 1.59. The van der Waals surface area contributed by atoms with Crippen LogP contribution < -0.4 is 0 Å². The fourth-order valence-corrected chi connectivity index (χ4v) is 0.953. The molecule has 9 heavy (non-hydrogen) atoms. The predicted molar refractivity (Wildman–Crippen MR) is 42.8 cm³/mol. The zero-order valence-electron chi connectivity index (χ0n) is 4.21. The summed E-state index contributed by atoms with van der Waals surface area (Å²) < 4.78 is 0.671. The van der Waals surface area contributed by atoms with Gasteiger partial charge in [-0.3, -0.25) is 0 Å². The highest BCUT2D eigenvalue weighted by Gasteiger charge is 2.03. The minimum absolute atomic E-state index is 0.461. The van der Waals surface area contributed by atoms with Crippen molar-refractivity contribution in [2.24, 2.45) is 0 Å². The van der Waals surface area contributed by atoms with E-state index in [0.29, 0.717) is 14.5 Å². The fourth-order valence-electron chi connectivity index (χ4n) is 0.386. The molecule has 0 saturated heterocycles. The first kappa shape index (κ1) is 7.21. The summed E-state index contributed by atoms with van der Waals surface area (Å²) in [5, 5.41) is 1.02. The van der Waals surface area contributed by atoms with Crippen molar-refractivity contribution in [3.05, 3.63) is 32.1 Å². The molecule has 0 aromatic carbocycles. The highest BCUT2D eigenvalue weighted by molar-refractivity contribution is 9.12. The molecule has 0 N–H and O–H groups in total. The Labute approximate surface area is 71.3 Å². The molecule has 1 rings (SSSR count). The fraction of sp³-hybridized carbons (Fsp3) is 0. The zero-order chi connectivity index (χ0) is 6.85. The third-order valence-electron chi connectivity index (χ3n) is 0.783. The quantitative estimate of drug-likeness (QED) is 0.553. The van der Waals surface area contributed by atoms with E-state index in [9.17, 15) is 0 Å². The van der Waals surface area contributed by atoms with E-state index in [1.807, 2.05) is 0 Å². The number of halogens is 3. The van der Waals surface area contributed by atoms with Crippen molar-refractivity contribution in [1.29, 1.82) is 0 Å². The molecule has 0 aromatic heterocycles. The third-order valence-corrected chi connectivity index (χ3v) is 2.64. The Bertz CT molecular complexity index is 263. The minimum Gasteiger partial charge on any atom is -0.0823 e. The Balaban J connectivity index is 3.22. The number of rotatable bonds is 0. The predicted octanol–water partition coefficient (Wildman–Crippen LogP) is 3.28. The van der Waals surface area contributed by atoms with E-state index in [0.717, 1.165) is 0 Å². The minimum atomic E-state index is 0.461. The van der Waals surface area contributed by atoms with Crippen LogP contribution in [0.3, 0.4) is 0 Å². The van der Waals surface area contributed by atoms with Gasteiger partial charge in [-0.15, -0.1) is 0 Å². The van der Waals surface area contributed by atoms with Crippen LogP contribution >= 0.6 is 39.1 Å². The van der Waals surface area contributed by atoms with Crippen molar-refractivity contribution in [3.63, 3.8) is 0 Å². The molecule has 3 heteroatoms. The van der Waals surface area contributed by atoms with Gasteiger partial charge in [0, 0.05) is 6.08 Å². The van der Waals surface area contributed by atoms with Crippen molar-refractivity contribution in [1.82, 2.24) is 0 Å². The lowest BCUT2D eigenvalue weighted by Crippen LogP contribution is -1.75. The van der Waals surface area contributed by atoms with Gasteiger partial charge in [-0.25, -0.2) is 0 Å². The van der Waals surface area contributed by atoms with Gasteiger partial charge < -0.3 is 0 Å². The third kappa shape index (κ3) is 1.52. The monoisotopic (exact) mass is 222 g/mol. The second-order valence-corrected chi connectivity index (χ2v) is 2.97. The molecule has 0 heterocycles. The van der Waals surface area contributed by atoms with Crippen LogP contribution in [0, 0.1) is 0 Å². The summed E-state index contributed by atoms with van der Waals surface area (Å²) in [6.45, 7) is 0. The van der Waals surface area contributed by atoms with E-state index < -0.39 is 0 Å². The lowest BCUT2D eigenvalue weighted by Gasteiger charge is -1.95. The van der Waals surface area contributed by atoms with Crippen LogP contribution in [0.15, 0.2) is 32.1 Å². The van der Waals surface area contributed by atoms with Gasteiger partial charge in [0.25, 0.3) is 0 Å². The van der Waals surface area contributed by atoms with Gasteiger partial charge in [-0.2, -0.15) is 0 Å². The van der Waals surface area contributed by atoms with Crippen molar-refractivity contribution >= 4 is 39.1 Å². The van der Waals surface area contributed by atoms with Crippen LogP contribution in [0.4, 0.5) is 0 Å². The van der Waals surface area contributed by atoms with E-state index in [2.05, 4.69) is 27.4 Å². The first-order chi connectivity index (χ1) is 4.22. The van der Waals surface area contributed by atoms with Crippen molar-refractivity contribution in [2.75, 3.05) is 0 Å². The van der Waals surface area contributed by atoms with Gasteiger partial charge in [-0.05, 0) is 21.7 Å². The van der Waals surface area contributed by atoms with Gasteiger partial charge in [-0.1, -0.05) is 28.9 Å². The van der Waals surface area contributed by atoms with Crippen LogP contribution in [-0.2, 0) is 0 Å². The summed E-state index contributed by atoms with van der Waals surface area (Å²) in [6, 6.07) is 0. The van der Waals surface area contributed by atoms with Crippen LogP contribution in [0.1, 0.15) is 0 Å². The molecule has 46 valence electrons. The van der Waals surface area contributed by atoms with Gasteiger partial charge >= 0.3 is 0 Å². The lowest BCUT2D eigenvalue weighted by molar-refractivity contribution is 1.75. The average Bonchev–Trinajstić information content (AvgIpc) is 1.83. The molecule has 1 aliphatic rings. The van der Waals surface area contributed by atoms with Gasteiger partial charge in [0.05, 0.1) is 9.51 Å². The molecule has 0 saturated carbocycles. The Morgan fingerprint density at radius 1 is 1.44 bits per heavy atom. The molecule has 0 unspecified atom stereocenters. The molecule has 0 fully saturated rings. The molecule has 0 nitrogen and oxygen atoms in total. The number of hydrogen-bond donors (Lipinski definition) is 0. The second kappa shape index (κ2) is 2.79. The van der Waals surface area contributed by atoms with Crippen molar-refractivity contribution < 1.29 is 0 Å². The first-order valence-corrected chi connectivity index (χ1v) is 3.69. The van der Waals surface area contributed by atoms with Crippen LogP contribution in [0.2, 0.25) is 0 Å². The smallest absolute Gasteiger partial charge is 0.0823 e.